The monoisotopic (exact) mass is 378 g/mol. The first-order chi connectivity index (χ1) is 13.6. The SMILES string of the molecule is O=[N+]([O-])c1ccc(-c2ccnc(NC3=NC[C@@]4(CN5CCC56CC64)O3)c2)cn1. The highest BCUT2D eigenvalue weighted by atomic mass is 16.6. The smallest absolute Gasteiger partial charge is 0.363 e. The van der Waals surface area contributed by atoms with E-state index in [0.717, 1.165) is 17.7 Å². The van der Waals surface area contributed by atoms with Gasteiger partial charge in [-0.3, -0.25) is 10.2 Å². The van der Waals surface area contributed by atoms with Crippen LogP contribution in [0.3, 0.4) is 0 Å². The Labute approximate surface area is 160 Å². The molecule has 1 saturated carbocycles. The summed E-state index contributed by atoms with van der Waals surface area (Å²) in [5.41, 5.74) is 1.89. The summed E-state index contributed by atoms with van der Waals surface area (Å²) in [6.07, 6.45) is 5.70. The minimum atomic E-state index is -0.509. The Balaban J connectivity index is 1.18. The molecule has 1 aliphatic carbocycles. The fourth-order valence-electron chi connectivity index (χ4n) is 5.07. The van der Waals surface area contributed by atoms with E-state index in [1.54, 1.807) is 12.3 Å². The molecule has 0 bridgehead atoms. The van der Waals surface area contributed by atoms with Crippen LogP contribution in [0, 0.1) is 16.0 Å². The first-order valence-electron chi connectivity index (χ1n) is 9.41. The van der Waals surface area contributed by atoms with Gasteiger partial charge in [0.1, 0.15) is 17.6 Å². The lowest BCUT2D eigenvalue weighted by Crippen LogP contribution is -2.49. The van der Waals surface area contributed by atoms with Crippen LogP contribution in [0.15, 0.2) is 41.7 Å². The summed E-state index contributed by atoms with van der Waals surface area (Å²) in [4.78, 5) is 25.6. The number of rotatable bonds is 3. The van der Waals surface area contributed by atoms with Gasteiger partial charge in [0, 0.05) is 42.4 Å². The standard InChI is InChI=1S/C19H18N6O3/c26-25(27)16-2-1-13(9-21-16)12-3-5-20-15(7-12)23-17-22-10-19(28-17)11-24-6-4-18(24)8-14(18)19/h1-3,5,7,9,14H,4,6,8,10-11H2,(H,20,22,23)/t14?,18?,19-/m0/s1. The molecule has 3 aliphatic heterocycles. The topological polar surface area (TPSA) is 106 Å². The zero-order valence-corrected chi connectivity index (χ0v) is 15.0. The van der Waals surface area contributed by atoms with Crippen molar-refractivity contribution >= 4 is 17.7 Å². The summed E-state index contributed by atoms with van der Waals surface area (Å²) in [6, 6.07) is 7.29. The molecular weight excluding hydrogens is 360 g/mol. The van der Waals surface area contributed by atoms with Crippen molar-refractivity contribution < 1.29 is 9.66 Å². The van der Waals surface area contributed by atoms with Gasteiger partial charge in [-0.1, -0.05) is 0 Å². The van der Waals surface area contributed by atoms with Gasteiger partial charge in [-0.05, 0) is 46.5 Å². The Morgan fingerprint density at radius 3 is 2.86 bits per heavy atom. The molecule has 2 saturated heterocycles. The van der Waals surface area contributed by atoms with Gasteiger partial charge in [-0.15, -0.1) is 0 Å². The van der Waals surface area contributed by atoms with E-state index in [2.05, 4.69) is 25.2 Å². The van der Waals surface area contributed by atoms with E-state index in [1.807, 2.05) is 12.1 Å². The van der Waals surface area contributed by atoms with Gasteiger partial charge in [-0.25, -0.2) is 9.98 Å². The maximum absolute atomic E-state index is 10.8. The highest BCUT2D eigenvalue weighted by molar-refractivity contribution is 5.90. The molecule has 0 amide bonds. The molecular formula is C19H18N6O3. The number of anilines is 1. The molecule has 9 heteroatoms. The second-order valence-electron chi connectivity index (χ2n) is 8.04. The zero-order chi connectivity index (χ0) is 18.9. The van der Waals surface area contributed by atoms with Crippen LogP contribution in [0.5, 0.6) is 0 Å². The Bertz CT molecular complexity index is 1020. The predicted molar refractivity (Wildman–Crippen MR) is 101 cm³/mol. The summed E-state index contributed by atoms with van der Waals surface area (Å²) in [5.74, 6) is 1.05. The third-order valence-corrected chi connectivity index (χ3v) is 6.64. The van der Waals surface area contributed by atoms with E-state index in [1.165, 1.54) is 31.6 Å². The van der Waals surface area contributed by atoms with Crippen molar-refractivity contribution in [1.82, 2.24) is 14.9 Å². The lowest BCUT2D eigenvalue weighted by molar-refractivity contribution is -0.389. The Hall–Kier alpha value is -3.07. The molecule has 2 aromatic rings. The highest BCUT2D eigenvalue weighted by Gasteiger charge is 2.77. The molecule has 5 heterocycles. The van der Waals surface area contributed by atoms with Gasteiger partial charge in [-0.2, -0.15) is 0 Å². The summed E-state index contributed by atoms with van der Waals surface area (Å²) in [7, 11) is 0. The predicted octanol–water partition coefficient (Wildman–Crippen LogP) is 2.07. The normalized spacial score (nSPS) is 32.1. The fourth-order valence-corrected chi connectivity index (χ4v) is 5.07. The minimum absolute atomic E-state index is 0.168. The molecule has 3 atom stereocenters. The summed E-state index contributed by atoms with van der Waals surface area (Å²) in [6.45, 7) is 2.84. The maximum Gasteiger partial charge on any atom is 0.363 e. The average Bonchev–Trinajstić information content (AvgIpc) is 3.34. The number of fused-ring (bicyclic) bond motifs is 1. The number of hydrogen-bond donors (Lipinski definition) is 1. The molecule has 0 radical (unpaired) electrons. The van der Waals surface area contributed by atoms with Crippen molar-refractivity contribution in [3.8, 4) is 11.1 Å². The van der Waals surface area contributed by atoms with E-state index < -0.39 is 4.92 Å². The van der Waals surface area contributed by atoms with E-state index in [-0.39, 0.29) is 11.4 Å². The average molecular weight is 378 g/mol. The number of nitrogens with one attached hydrogen (secondary N) is 1. The van der Waals surface area contributed by atoms with E-state index in [4.69, 9.17) is 4.74 Å². The molecule has 6 rings (SSSR count). The third-order valence-electron chi connectivity index (χ3n) is 6.64. The van der Waals surface area contributed by atoms with Crippen molar-refractivity contribution in [1.29, 1.82) is 0 Å². The van der Waals surface area contributed by atoms with Crippen LogP contribution in [0.4, 0.5) is 11.6 Å². The highest BCUT2D eigenvalue weighted by Crippen LogP contribution is 2.67. The first-order valence-corrected chi connectivity index (χ1v) is 9.41. The molecule has 2 aromatic heterocycles. The van der Waals surface area contributed by atoms with Crippen molar-refractivity contribution in [3.05, 3.63) is 46.8 Å². The van der Waals surface area contributed by atoms with Gasteiger partial charge in [0.2, 0.25) is 0 Å². The molecule has 28 heavy (non-hydrogen) atoms. The van der Waals surface area contributed by atoms with Crippen molar-refractivity contribution in [2.24, 2.45) is 10.9 Å². The quantitative estimate of drug-likeness (QED) is 0.644. The number of aliphatic imine (C=N–C) groups is 1. The Morgan fingerprint density at radius 1 is 1.29 bits per heavy atom. The van der Waals surface area contributed by atoms with Crippen molar-refractivity contribution in [2.75, 3.05) is 25.0 Å². The summed E-state index contributed by atoms with van der Waals surface area (Å²) in [5, 5.41) is 14.0. The molecule has 4 aliphatic rings. The second-order valence-corrected chi connectivity index (χ2v) is 8.04. The van der Waals surface area contributed by atoms with Gasteiger partial charge in [0.15, 0.2) is 0 Å². The summed E-state index contributed by atoms with van der Waals surface area (Å²) < 4.78 is 6.30. The molecule has 9 nitrogen and oxygen atoms in total. The largest absolute Gasteiger partial charge is 0.455 e. The second kappa shape index (κ2) is 5.26. The van der Waals surface area contributed by atoms with Gasteiger partial charge in [0.25, 0.3) is 6.02 Å². The summed E-state index contributed by atoms with van der Waals surface area (Å²) >= 11 is 0. The minimum Gasteiger partial charge on any atom is -0.455 e. The third kappa shape index (κ3) is 2.13. The van der Waals surface area contributed by atoms with Crippen LogP contribution in [0.25, 0.3) is 11.1 Å². The van der Waals surface area contributed by atoms with Crippen LogP contribution < -0.4 is 5.32 Å². The van der Waals surface area contributed by atoms with Gasteiger partial charge < -0.3 is 14.9 Å². The van der Waals surface area contributed by atoms with Crippen molar-refractivity contribution in [3.63, 3.8) is 0 Å². The number of pyridine rings is 2. The Kier molecular flexibility index (Phi) is 2.99. The first kappa shape index (κ1) is 15.9. The number of nitro groups is 1. The lowest BCUT2D eigenvalue weighted by atomic mass is 9.98. The maximum atomic E-state index is 10.8. The van der Waals surface area contributed by atoms with Crippen LogP contribution in [0.1, 0.15) is 12.8 Å². The lowest BCUT2D eigenvalue weighted by Gasteiger charge is -2.39. The number of nitrogens with zero attached hydrogens (tertiary/aromatic N) is 5. The number of amidine groups is 1. The number of hydrogen-bond acceptors (Lipinski definition) is 8. The molecule has 3 fully saturated rings. The zero-order valence-electron chi connectivity index (χ0n) is 15.0. The Morgan fingerprint density at radius 2 is 2.21 bits per heavy atom. The molecule has 2 spiro atoms. The van der Waals surface area contributed by atoms with Gasteiger partial charge >= 0.3 is 5.82 Å². The van der Waals surface area contributed by atoms with Crippen LogP contribution in [-0.4, -0.2) is 56.6 Å². The van der Waals surface area contributed by atoms with Crippen molar-refractivity contribution in [2.45, 2.75) is 24.0 Å². The van der Waals surface area contributed by atoms with Crippen LogP contribution in [-0.2, 0) is 4.74 Å². The molecule has 142 valence electrons. The van der Waals surface area contributed by atoms with E-state index in [9.17, 15) is 10.1 Å². The number of piperidine rings is 1. The van der Waals surface area contributed by atoms with E-state index >= 15 is 0 Å². The van der Waals surface area contributed by atoms with Crippen LogP contribution >= 0.6 is 0 Å². The van der Waals surface area contributed by atoms with Crippen LogP contribution in [0.2, 0.25) is 0 Å². The molecule has 0 aromatic carbocycles. The number of ether oxygens (including phenoxy) is 1. The fraction of sp³-hybridized carbons (Fsp3) is 0.421. The molecule has 2 unspecified atom stereocenters. The number of aromatic nitrogens is 2. The van der Waals surface area contributed by atoms with E-state index in [0.29, 0.717) is 29.8 Å². The molecule has 1 N–H and O–H groups in total. The van der Waals surface area contributed by atoms with Gasteiger partial charge in [0.05, 0.1) is 6.54 Å².